The molecule has 1 saturated carbocycles. The minimum Gasteiger partial charge on any atom is -0.484 e. The summed E-state index contributed by atoms with van der Waals surface area (Å²) in [7, 11) is 0. The van der Waals surface area contributed by atoms with E-state index in [1.807, 2.05) is 0 Å². The van der Waals surface area contributed by atoms with Gasteiger partial charge < -0.3 is 20.1 Å². The summed E-state index contributed by atoms with van der Waals surface area (Å²) in [5.41, 5.74) is 0. The molecule has 2 fully saturated rings. The molecule has 1 aromatic rings. The summed E-state index contributed by atoms with van der Waals surface area (Å²) in [4.78, 5) is 26.0. The molecule has 136 valence electrons. The predicted molar refractivity (Wildman–Crippen MR) is 88.3 cm³/mol. The Hall–Kier alpha value is -2.15. The number of carbonyl (C=O) groups is 2. The van der Waals surface area contributed by atoms with Gasteiger partial charge in [0.25, 0.3) is 5.91 Å². The number of rotatable bonds is 6. The fourth-order valence-electron chi connectivity index (χ4n) is 3.02. The Bertz CT molecular complexity index is 618. The van der Waals surface area contributed by atoms with E-state index in [-0.39, 0.29) is 48.7 Å². The van der Waals surface area contributed by atoms with Crippen LogP contribution >= 0.6 is 0 Å². The van der Waals surface area contributed by atoms with E-state index >= 15 is 0 Å². The Labute approximate surface area is 146 Å². The number of ether oxygens (including phenoxy) is 1. The molecule has 1 aromatic carbocycles. The molecule has 0 unspecified atom stereocenters. The lowest BCUT2D eigenvalue weighted by molar-refractivity contribution is -0.137. The van der Waals surface area contributed by atoms with Crippen molar-refractivity contribution in [3.63, 3.8) is 0 Å². The van der Waals surface area contributed by atoms with Crippen LogP contribution in [0.3, 0.4) is 0 Å². The van der Waals surface area contributed by atoms with Gasteiger partial charge in [-0.25, -0.2) is 4.39 Å². The minimum atomic E-state index is -0.362. The molecule has 1 aliphatic heterocycles. The highest BCUT2D eigenvalue weighted by molar-refractivity contribution is 5.81. The SMILES string of the molecule is O=C(N[C@@H]1CN(C(=O)COc2ccc(F)cc2)CC[C@@H]1CO)C1CC1. The van der Waals surface area contributed by atoms with Crippen molar-refractivity contribution in [2.24, 2.45) is 11.8 Å². The number of halogens is 1. The van der Waals surface area contributed by atoms with Crippen LogP contribution in [0.25, 0.3) is 0 Å². The lowest BCUT2D eigenvalue weighted by atomic mass is 9.92. The van der Waals surface area contributed by atoms with Crippen molar-refractivity contribution >= 4 is 11.8 Å². The second-order valence-corrected chi connectivity index (χ2v) is 6.70. The van der Waals surface area contributed by atoms with Crippen molar-refractivity contribution in [1.29, 1.82) is 0 Å². The second kappa shape index (κ2) is 7.82. The highest BCUT2D eigenvalue weighted by Gasteiger charge is 2.36. The zero-order valence-electron chi connectivity index (χ0n) is 14.0. The fourth-order valence-corrected chi connectivity index (χ4v) is 3.02. The number of nitrogens with one attached hydrogen (secondary N) is 1. The van der Waals surface area contributed by atoms with Gasteiger partial charge in [0, 0.05) is 31.5 Å². The molecule has 2 N–H and O–H groups in total. The van der Waals surface area contributed by atoms with E-state index < -0.39 is 0 Å². The molecule has 0 bridgehead atoms. The first-order chi connectivity index (χ1) is 12.1. The third-order valence-corrected chi connectivity index (χ3v) is 4.79. The first kappa shape index (κ1) is 17.7. The molecule has 25 heavy (non-hydrogen) atoms. The molecule has 0 radical (unpaired) electrons. The average molecular weight is 350 g/mol. The minimum absolute atomic E-state index is 0.0102. The Morgan fingerprint density at radius 1 is 1.24 bits per heavy atom. The molecule has 2 amide bonds. The van der Waals surface area contributed by atoms with Crippen LogP contribution in [0.1, 0.15) is 19.3 Å². The largest absolute Gasteiger partial charge is 0.484 e. The van der Waals surface area contributed by atoms with Crippen molar-refractivity contribution in [3.05, 3.63) is 30.1 Å². The molecule has 3 rings (SSSR count). The van der Waals surface area contributed by atoms with Crippen molar-refractivity contribution in [2.75, 3.05) is 26.3 Å². The monoisotopic (exact) mass is 350 g/mol. The van der Waals surface area contributed by atoms with E-state index in [9.17, 15) is 19.1 Å². The number of nitrogens with zero attached hydrogens (tertiary/aromatic N) is 1. The number of hydrogen-bond donors (Lipinski definition) is 2. The van der Waals surface area contributed by atoms with E-state index in [1.165, 1.54) is 24.3 Å². The number of likely N-dealkylation sites (tertiary alicyclic amines) is 1. The van der Waals surface area contributed by atoms with Gasteiger partial charge in [0.2, 0.25) is 5.91 Å². The molecule has 1 aliphatic carbocycles. The highest BCUT2D eigenvalue weighted by Crippen LogP contribution is 2.29. The van der Waals surface area contributed by atoms with Gasteiger partial charge in [0.1, 0.15) is 11.6 Å². The Kier molecular flexibility index (Phi) is 5.53. The van der Waals surface area contributed by atoms with Crippen LogP contribution < -0.4 is 10.1 Å². The fraction of sp³-hybridized carbons (Fsp3) is 0.556. The summed E-state index contributed by atoms with van der Waals surface area (Å²) in [6, 6.07) is 5.26. The van der Waals surface area contributed by atoms with E-state index in [0.29, 0.717) is 25.3 Å². The van der Waals surface area contributed by atoms with Crippen molar-refractivity contribution in [3.8, 4) is 5.75 Å². The van der Waals surface area contributed by atoms with Gasteiger partial charge in [0.05, 0.1) is 6.04 Å². The Morgan fingerprint density at radius 2 is 1.96 bits per heavy atom. The standard InChI is InChI=1S/C18H23FN2O4/c19-14-3-5-15(6-4-14)25-11-17(23)21-8-7-13(10-22)16(9-21)20-18(24)12-1-2-12/h3-6,12-13,16,22H,1-2,7-11H2,(H,20,24)/t13-,16-/m1/s1. The lowest BCUT2D eigenvalue weighted by Crippen LogP contribution is -2.55. The van der Waals surface area contributed by atoms with Crippen LogP contribution in [0, 0.1) is 17.7 Å². The molecular weight excluding hydrogens is 327 g/mol. The summed E-state index contributed by atoms with van der Waals surface area (Å²) in [6.07, 6.45) is 2.46. The molecule has 0 spiro atoms. The van der Waals surface area contributed by atoms with Gasteiger partial charge >= 0.3 is 0 Å². The Balaban J connectivity index is 1.52. The van der Waals surface area contributed by atoms with E-state index in [4.69, 9.17) is 4.74 Å². The van der Waals surface area contributed by atoms with Crippen LogP contribution in [-0.4, -0.2) is 54.2 Å². The van der Waals surface area contributed by atoms with Crippen LogP contribution in [0.5, 0.6) is 5.75 Å². The van der Waals surface area contributed by atoms with Gasteiger partial charge in [-0.05, 0) is 43.5 Å². The summed E-state index contributed by atoms with van der Waals surface area (Å²) >= 11 is 0. The molecule has 2 atom stereocenters. The zero-order valence-corrected chi connectivity index (χ0v) is 14.0. The molecule has 0 aromatic heterocycles. The van der Waals surface area contributed by atoms with Crippen LogP contribution in [-0.2, 0) is 9.59 Å². The molecule has 7 heteroatoms. The summed E-state index contributed by atoms with van der Waals surface area (Å²) < 4.78 is 18.3. The predicted octanol–water partition coefficient (Wildman–Crippen LogP) is 0.940. The number of aliphatic hydroxyl groups is 1. The molecule has 1 saturated heterocycles. The van der Waals surface area contributed by atoms with E-state index in [2.05, 4.69) is 5.32 Å². The van der Waals surface area contributed by atoms with Crippen LogP contribution in [0.2, 0.25) is 0 Å². The molecule has 1 heterocycles. The zero-order chi connectivity index (χ0) is 17.8. The van der Waals surface area contributed by atoms with Gasteiger partial charge in [-0.3, -0.25) is 9.59 Å². The number of carbonyl (C=O) groups excluding carboxylic acids is 2. The average Bonchev–Trinajstić information content (AvgIpc) is 3.46. The summed E-state index contributed by atoms with van der Waals surface area (Å²) in [5.74, 6) is -0.0544. The maximum atomic E-state index is 12.9. The first-order valence-corrected chi connectivity index (χ1v) is 8.64. The maximum absolute atomic E-state index is 12.9. The smallest absolute Gasteiger partial charge is 0.260 e. The van der Waals surface area contributed by atoms with Gasteiger partial charge in [0.15, 0.2) is 6.61 Å². The van der Waals surface area contributed by atoms with E-state index in [0.717, 1.165) is 12.8 Å². The van der Waals surface area contributed by atoms with Crippen molar-refractivity contribution < 1.29 is 23.8 Å². The van der Waals surface area contributed by atoms with Gasteiger partial charge in [-0.2, -0.15) is 0 Å². The van der Waals surface area contributed by atoms with Gasteiger partial charge in [-0.15, -0.1) is 0 Å². The third kappa shape index (κ3) is 4.69. The van der Waals surface area contributed by atoms with Crippen molar-refractivity contribution in [1.82, 2.24) is 10.2 Å². The third-order valence-electron chi connectivity index (χ3n) is 4.79. The maximum Gasteiger partial charge on any atom is 0.260 e. The Morgan fingerprint density at radius 3 is 2.60 bits per heavy atom. The first-order valence-electron chi connectivity index (χ1n) is 8.64. The molecular formula is C18H23FN2O4. The van der Waals surface area contributed by atoms with Crippen LogP contribution in [0.4, 0.5) is 4.39 Å². The van der Waals surface area contributed by atoms with Crippen LogP contribution in [0.15, 0.2) is 24.3 Å². The number of piperidine rings is 1. The number of amides is 2. The highest BCUT2D eigenvalue weighted by atomic mass is 19.1. The number of benzene rings is 1. The normalized spacial score (nSPS) is 23.2. The van der Waals surface area contributed by atoms with E-state index in [1.54, 1.807) is 4.90 Å². The second-order valence-electron chi connectivity index (χ2n) is 6.70. The quantitative estimate of drug-likeness (QED) is 0.800. The summed E-state index contributed by atoms with van der Waals surface area (Å²) in [6.45, 7) is 0.740. The number of hydrogen-bond acceptors (Lipinski definition) is 4. The van der Waals surface area contributed by atoms with Crippen molar-refractivity contribution in [2.45, 2.75) is 25.3 Å². The number of aliphatic hydroxyl groups excluding tert-OH is 1. The summed E-state index contributed by atoms with van der Waals surface area (Å²) in [5, 5.41) is 12.5. The lowest BCUT2D eigenvalue weighted by Gasteiger charge is -2.38. The molecule has 2 aliphatic rings. The van der Waals surface area contributed by atoms with Gasteiger partial charge in [-0.1, -0.05) is 0 Å². The topological polar surface area (TPSA) is 78.9 Å². The molecule has 6 nitrogen and oxygen atoms in total.